The van der Waals surface area contributed by atoms with Crippen molar-refractivity contribution in [2.75, 3.05) is 32.7 Å². The molecule has 5 rings (SSSR count). The van der Waals surface area contributed by atoms with Gasteiger partial charge in [-0.15, -0.1) is 0 Å². The van der Waals surface area contributed by atoms with Gasteiger partial charge < -0.3 is 9.80 Å². The van der Waals surface area contributed by atoms with Crippen molar-refractivity contribution in [2.45, 2.75) is 25.7 Å². The minimum Gasteiger partial charge on any atom is -0.338 e. The smallest absolute Gasteiger partial charge is 0.254 e. The van der Waals surface area contributed by atoms with Crippen molar-refractivity contribution in [3.8, 4) is 0 Å². The van der Waals surface area contributed by atoms with E-state index in [1.54, 1.807) is 19.1 Å². The van der Waals surface area contributed by atoms with Crippen LogP contribution in [0.15, 0.2) is 66.7 Å². The first-order valence-corrected chi connectivity index (χ1v) is 12.2. The second-order valence-corrected chi connectivity index (χ2v) is 9.84. The van der Waals surface area contributed by atoms with Crippen LogP contribution in [0.4, 0.5) is 4.39 Å². The molecule has 2 fully saturated rings. The fourth-order valence-electron chi connectivity index (χ4n) is 5.78. The number of likely N-dealkylation sites (tertiary alicyclic amines) is 2. The molecule has 4 nitrogen and oxygen atoms in total. The quantitative estimate of drug-likeness (QED) is 0.532. The fourth-order valence-corrected chi connectivity index (χ4v) is 5.78. The largest absolute Gasteiger partial charge is 0.338 e. The van der Waals surface area contributed by atoms with Gasteiger partial charge in [0.05, 0.1) is 0 Å². The maximum Gasteiger partial charge on any atom is 0.254 e. The number of carbonyl (C=O) groups excluding carboxylic acids is 2. The van der Waals surface area contributed by atoms with Crippen LogP contribution < -0.4 is 0 Å². The van der Waals surface area contributed by atoms with Crippen LogP contribution in [-0.2, 0) is 4.79 Å². The molecule has 2 heterocycles. The molecule has 2 aliphatic rings. The van der Waals surface area contributed by atoms with Crippen molar-refractivity contribution >= 4 is 22.5 Å². The van der Waals surface area contributed by atoms with E-state index >= 15 is 0 Å². The Kier molecular flexibility index (Phi) is 6.46. The Morgan fingerprint density at radius 1 is 0.912 bits per heavy atom. The summed E-state index contributed by atoms with van der Waals surface area (Å²) in [5, 5.41) is 2.01. The van der Waals surface area contributed by atoms with Crippen molar-refractivity contribution in [1.29, 1.82) is 0 Å². The number of hydrogen-bond donors (Lipinski definition) is 0. The molecule has 34 heavy (non-hydrogen) atoms. The average molecular weight is 459 g/mol. The Balaban J connectivity index is 1.25. The first kappa shape index (κ1) is 22.7. The van der Waals surface area contributed by atoms with Crippen molar-refractivity contribution in [1.82, 2.24) is 9.80 Å². The van der Waals surface area contributed by atoms with E-state index in [1.807, 2.05) is 59.5 Å². The molecule has 3 aromatic carbocycles. The van der Waals surface area contributed by atoms with Gasteiger partial charge >= 0.3 is 0 Å². The molecule has 0 aliphatic carbocycles. The Hall–Kier alpha value is -3.05. The van der Waals surface area contributed by atoms with Crippen molar-refractivity contribution < 1.29 is 14.0 Å². The summed E-state index contributed by atoms with van der Waals surface area (Å²) in [5.41, 5.74) is 1.91. The molecule has 5 heteroatoms. The molecule has 3 aromatic rings. The van der Waals surface area contributed by atoms with E-state index in [2.05, 4.69) is 4.90 Å². The third-order valence-corrected chi connectivity index (χ3v) is 7.69. The van der Waals surface area contributed by atoms with Crippen LogP contribution in [-0.4, -0.2) is 54.2 Å². The Morgan fingerprint density at radius 3 is 2.35 bits per heavy atom. The predicted molar refractivity (Wildman–Crippen MR) is 132 cm³/mol. The Morgan fingerprint density at radius 2 is 1.62 bits per heavy atom. The molecule has 1 amide bonds. The maximum absolute atomic E-state index is 13.5. The van der Waals surface area contributed by atoms with Gasteiger partial charge in [0.1, 0.15) is 11.6 Å². The minimum absolute atomic E-state index is 0.0144. The third-order valence-electron chi connectivity index (χ3n) is 7.69. The van der Waals surface area contributed by atoms with Crippen molar-refractivity contribution in [3.63, 3.8) is 0 Å². The number of fused-ring (bicyclic) bond motifs is 1. The number of benzene rings is 3. The van der Waals surface area contributed by atoms with Crippen LogP contribution in [0.25, 0.3) is 10.8 Å². The first-order valence-electron chi connectivity index (χ1n) is 12.2. The molecule has 0 saturated carbocycles. The summed E-state index contributed by atoms with van der Waals surface area (Å²) in [5.74, 6) is 0.473. The molecule has 2 atom stereocenters. The van der Waals surface area contributed by atoms with E-state index in [9.17, 15) is 14.0 Å². The summed E-state index contributed by atoms with van der Waals surface area (Å²) in [7, 11) is 0. The van der Waals surface area contributed by atoms with Crippen molar-refractivity contribution in [3.05, 3.63) is 83.7 Å². The van der Waals surface area contributed by atoms with Crippen LogP contribution in [0, 0.1) is 17.7 Å². The van der Waals surface area contributed by atoms with E-state index in [0.29, 0.717) is 24.6 Å². The van der Waals surface area contributed by atoms with Gasteiger partial charge in [0.2, 0.25) is 0 Å². The number of ketones is 1. The summed E-state index contributed by atoms with van der Waals surface area (Å²) in [6.45, 7) is 5.52. The molecule has 0 N–H and O–H groups in total. The molecule has 1 unspecified atom stereocenters. The maximum atomic E-state index is 13.5. The highest BCUT2D eigenvalue weighted by molar-refractivity contribution is 6.07. The van der Waals surface area contributed by atoms with Gasteiger partial charge in [0.15, 0.2) is 0 Å². The monoisotopic (exact) mass is 458 g/mol. The zero-order chi connectivity index (χ0) is 23.7. The van der Waals surface area contributed by atoms with Gasteiger partial charge in [-0.25, -0.2) is 4.39 Å². The van der Waals surface area contributed by atoms with Crippen LogP contribution in [0.5, 0.6) is 0 Å². The highest BCUT2D eigenvalue weighted by Crippen LogP contribution is 2.32. The standard InChI is InChI=1S/C29H31FN2O2/c1-20(33)28-19-32(29(34)27-8-4-6-23-5-2-3-7-26(23)27)18-24(28)17-31-15-13-22(14-16-31)21-9-11-25(30)12-10-21/h2-12,22,24,28H,13-19H2,1H3/t24?,28-/m0/s1. The highest BCUT2D eigenvalue weighted by atomic mass is 19.1. The topological polar surface area (TPSA) is 40.6 Å². The lowest BCUT2D eigenvalue weighted by Gasteiger charge is -2.34. The van der Waals surface area contributed by atoms with Gasteiger partial charge in [0.25, 0.3) is 5.91 Å². The van der Waals surface area contributed by atoms with Gasteiger partial charge in [-0.3, -0.25) is 9.59 Å². The van der Waals surface area contributed by atoms with Crippen LogP contribution in [0.3, 0.4) is 0 Å². The molecule has 0 spiro atoms. The van der Waals surface area contributed by atoms with Crippen LogP contribution >= 0.6 is 0 Å². The zero-order valence-electron chi connectivity index (χ0n) is 19.6. The average Bonchev–Trinajstić information content (AvgIpc) is 3.28. The lowest BCUT2D eigenvalue weighted by atomic mass is 9.87. The lowest BCUT2D eigenvalue weighted by molar-refractivity contribution is -0.121. The molecule has 2 saturated heterocycles. The molecule has 176 valence electrons. The van der Waals surface area contributed by atoms with Gasteiger partial charge in [-0.1, -0.05) is 48.5 Å². The van der Waals surface area contributed by atoms with E-state index in [1.165, 1.54) is 5.56 Å². The normalized spacial score (nSPS) is 21.8. The number of carbonyl (C=O) groups is 2. The number of amides is 1. The molecule has 0 radical (unpaired) electrons. The number of hydrogen-bond acceptors (Lipinski definition) is 3. The van der Waals surface area contributed by atoms with Gasteiger partial charge in [0, 0.05) is 37.0 Å². The van der Waals surface area contributed by atoms with E-state index in [-0.39, 0.29) is 29.3 Å². The van der Waals surface area contributed by atoms with E-state index in [0.717, 1.165) is 43.2 Å². The number of Topliss-reactive ketones (excluding diaryl/α,β-unsaturated/α-hetero) is 1. The Bertz CT molecular complexity index is 1180. The molecular weight excluding hydrogens is 427 g/mol. The third kappa shape index (κ3) is 4.62. The zero-order valence-corrected chi connectivity index (χ0v) is 19.6. The summed E-state index contributed by atoms with van der Waals surface area (Å²) in [6, 6.07) is 20.7. The lowest BCUT2D eigenvalue weighted by Crippen LogP contribution is -2.39. The van der Waals surface area contributed by atoms with Crippen LogP contribution in [0.1, 0.15) is 41.6 Å². The fraction of sp³-hybridized carbons (Fsp3) is 0.379. The highest BCUT2D eigenvalue weighted by Gasteiger charge is 2.39. The summed E-state index contributed by atoms with van der Waals surface area (Å²) in [6.07, 6.45) is 2.06. The second-order valence-electron chi connectivity index (χ2n) is 9.84. The number of piperidine rings is 1. The summed E-state index contributed by atoms with van der Waals surface area (Å²) >= 11 is 0. The van der Waals surface area contributed by atoms with Crippen molar-refractivity contribution in [2.24, 2.45) is 11.8 Å². The predicted octanol–water partition coefficient (Wildman–Crippen LogP) is 5.14. The number of nitrogens with zero attached hydrogens (tertiary/aromatic N) is 2. The van der Waals surface area contributed by atoms with Gasteiger partial charge in [-0.2, -0.15) is 0 Å². The molecular formula is C29H31FN2O2. The molecule has 0 bridgehead atoms. The summed E-state index contributed by atoms with van der Waals surface area (Å²) < 4.78 is 13.3. The summed E-state index contributed by atoms with van der Waals surface area (Å²) in [4.78, 5) is 30.3. The molecule has 2 aliphatic heterocycles. The van der Waals surface area contributed by atoms with E-state index in [4.69, 9.17) is 0 Å². The number of rotatable bonds is 5. The van der Waals surface area contributed by atoms with Crippen LogP contribution in [0.2, 0.25) is 0 Å². The molecule has 0 aromatic heterocycles. The first-order chi connectivity index (χ1) is 16.5. The van der Waals surface area contributed by atoms with E-state index < -0.39 is 0 Å². The van der Waals surface area contributed by atoms with Gasteiger partial charge in [-0.05, 0) is 73.3 Å². The minimum atomic E-state index is -0.194. The Labute approximate surface area is 200 Å². The number of halogens is 1. The SMILES string of the molecule is CC(=O)[C@@H]1CN(C(=O)c2cccc3ccccc23)CC1CN1CCC(c2ccc(F)cc2)CC1. The second kappa shape index (κ2) is 9.67.